The van der Waals surface area contributed by atoms with Crippen molar-refractivity contribution in [1.82, 2.24) is 9.29 Å². The standard InChI is InChI=1S/C16H19N3O5S/c1-11(15(20)18-12-7-5-4-6-8-12)24-16(21)14-9-13(10-19(14)3)25(22,23)17-2/h4-11,17H,1-3H3,(H,18,20). The van der Waals surface area contributed by atoms with E-state index in [-0.39, 0.29) is 10.6 Å². The molecule has 1 atom stereocenters. The smallest absolute Gasteiger partial charge is 0.355 e. The van der Waals surface area contributed by atoms with Gasteiger partial charge < -0.3 is 14.6 Å². The third-order valence-corrected chi connectivity index (χ3v) is 4.84. The molecule has 0 aliphatic rings. The van der Waals surface area contributed by atoms with Crippen molar-refractivity contribution in [2.75, 3.05) is 12.4 Å². The predicted molar refractivity (Wildman–Crippen MR) is 91.6 cm³/mol. The van der Waals surface area contributed by atoms with Gasteiger partial charge in [0.1, 0.15) is 10.6 Å². The zero-order valence-corrected chi connectivity index (χ0v) is 14.8. The van der Waals surface area contributed by atoms with Crippen molar-refractivity contribution >= 4 is 27.6 Å². The van der Waals surface area contributed by atoms with Crippen LogP contribution in [0.1, 0.15) is 17.4 Å². The van der Waals surface area contributed by atoms with Crippen LogP contribution < -0.4 is 10.0 Å². The third-order valence-electron chi connectivity index (χ3n) is 3.46. The average Bonchev–Trinajstić information content (AvgIpc) is 2.98. The fourth-order valence-electron chi connectivity index (χ4n) is 2.04. The molecule has 0 aliphatic heterocycles. The molecule has 1 aromatic carbocycles. The van der Waals surface area contributed by atoms with Crippen LogP contribution in [0.5, 0.6) is 0 Å². The van der Waals surface area contributed by atoms with Gasteiger partial charge in [-0.15, -0.1) is 0 Å². The number of benzene rings is 1. The second-order valence-corrected chi connectivity index (χ2v) is 7.17. The normalized spacial score (nSPS) is 12.4. The number of para-hydroxylation sites is 1. The van der Waals surface area contributed by atoms with Gasteiger partial charge in [0, 0.05) is 18.9 Å². The van der Waals surface area contributed by atoms with E-state index >= 15 is 0 Å². The van der Waals surface area contributed by atoms with Gasteiger partial charge in [0.2, 0.25) is 10.0 Å². The fraction of sp³-hybridized carbons (Fsp3) is 0.250. The Morgan fingerprint density at radius 2 is 1.84 bits per heavy atom. The first-order valence-corrected chi connectivity index (χ1v) is 8.89. The van der Waals surface area contributed by atoms with Crippen molar-refractivity contribution in [3.8, 4) is 0 Å². The molecule has 0 bridgehead atoms. The number of anilines is 1. The van der Waals surface area contributed by atoms with Gasteiger partial charge in [-0.05, 0) is 32.2 Å². The van der Waals surface area contributed by atoms with Crippen LogP contribution in [-0.4, -0.2) is 38.0 Å². The molecule has 0 fully saturated rings. The number of aromatic nitrogens is 1. The van der Waals surface area contributed by atoms with Gasteiger partial charge >= 0.3 is 5.97 Å². The molecule has 134 valence electrons. The summed E-state index contributed by atoms with van der Waals surface area (Å²) in [6.45, 7) is 1.43. The van der Waals surface area contributed by atoms with E-state index in [0.29, 0.717) is 5.69 Å². The summed E-state index contributed by atoms with van der Waals surface area (Å²) >= 11 is 0. The number of sulfonamides is 1. The van der Waals surface area contributed by atoms with Crippen LogP contribution in [0.4, 0.5) is 5.69 Å². The molecule has 2 N–H and O–H groups in total. The zero-order valence-electron chi connectivity index (χ0n) is 14.0. The number of carbonyl (C=O) groups excluding carboxylic acids is 2. The minimum absolute atomic E-state index is 0.0215. The molecule has 1 unspecified atom stereocenters. The van der Waals surface area contributed by atoms with Gasteiger partial charge in [0.25, 0.3) is 5.91 Å². The van der Waals surface area contributed by atoms with E-state index in [2.05, 4.69) is 10.0 Å². The van der Waals surface area contributed by atoms with Gasteiger partial charge in [-0.25, -0.2) is 17.9 Å². The Balaban J connectivity index is 2.08. The lowest BCUT2D eigenvalue weighted by Crippen LogP contribution is -2.30. The molecule has 0 aliphatic carbocycles. The van der Waals surface area contributed by atoms with Crippen molar-refractivity contribution in [3.63, 3.8) is 0 Å². The van der Waals surface area contributed by atoms with E-state index < -0.39 is 28.0 Å². The molecule has 25 heavy (non-hydrogen) atoms. The first kappa shape index (κ1) is 18.7. The lowest BCUT2D eigenvalue weighted by molar-refractivity contribution is -0.123. The number of nitrogens with one attached hydrogen (secondary N) is 2. The van der Waals surface area contributed by atoms with Crippen LogP contribution in [0, 0.1) is 0 Å². The van der Waals surface area contributed by atoms with Gasteiger partial charge in [0.05, 0.1) is 0 Å². The topological polar surface area (TPSA) is 106 Å². The Morgan fingerprint density at radius 3 is 2.44 bits per heavy atom. The highest BCUT2D eigenvalue weighted by Gasteiger charge is 2.23. The van der Waals surface area contributed by atoms with Gasteiger partial charge in [-0.1, -0.05) is 18.2 Å². The maximum Gasteiger partial charge on any atom is 0.355 e. The lowest BCUT2D eigenvalue weighted by Gasteiger charge is -2.13. The van der Waals surface area contributed by atoms with Gasteiger partial charge in [-0.3, -0.25) is 4.79 Å². The molecule has 0 saturated heterocycles. The Hall–Kier alpha value is -2.65. The van der Waals surface area contributed by atoms with E-state index in [1.807, 2.05) is 6.07 Å². The SMILES string of the molecule is CNS(=O)(=O)c1cc(C(=O)OC(C)C(=O)Nc2ccccc2)n(C)c1. The Morgan fingerprint density at radius 1 is 1.20 bits per heavy atom. The second-order valence-electron chi connectivity index (χ2n) is 5.28. The summed E-state index contributed by atoms with van der Waals surface area (Å²) in [5, 5.41) is 2.62. The number of aryl methyl sites for hydroxylation is 1. The van der Waals surface area contributed by atoms with E-state index in [1.54, 1.807) is 24.3 Å². The van der Waals surface area contributed by atoms with Crippen molar-refractivity contribution < 1.29 is 22.7 Å². The lowest BCUT2D eigenvalue weighted by atomic mass is 10.3. The molecule has 1 aromatic heterocycles. The monoisotopic (exact) mass is 365 g/mol. The molecule has 9 heteroatoms. The first-order chi connectivity index (χ1) is 11.7. The van der Waals surface area contributed by atoms with E-state index in [4.69, 9.17) is 4.74 Å². The molecular weight excluding hydrogens is 346 g/mol. The number of carbonyl (C=O) groups is 2. The minimum atomic E-state index is -3.68. The van der Waals surface area contributed by atoms with Crippen molar-refractivity contribution in [2.45, 2.75) is 17.9 Å². The van der Waals surface area contributed by atoms with E-state index in [9.17, 15) is 18.0 Å². The van der Waals surface area contributed by atoms with Crippen molar-refractivity contribution in [1.29, 1.82) is 0 Å². The zero-order chi connectivity index (χ0) is 18.6. The Labute approximate surface area is 145 Å². The van der Waals surface area contributed by atoms with Gasteiger partial charge in [-0.2, -0.15) is 0 Å². The highest BCUT2D eigenvalue weighted by molar-refractivity contribution is 7.89. The van der Waals surface area contributed by atoms with E-state index in [1.165, 1.54) is 37.8 Å². The van der Waals surface area contributed by atoms with Crippen LogP contribution in [0.2, 0.25) is 0 Å². The van der Waals surface area contributed by atoms with Crippen molar-refractivity contribution in [2.24, 2.45) is 7.05 Å². The molecule has 2 aromatic rings. The number of hydrogen-bond donors (Lipinski definition) is 2. The van der Waals surface area contributed by atoms with Crippen LogP contribution in [0.25, 0.3) is 0 Å². The van der Waals surface area contributed by atoms with Crippen LogP contribution in [0.3, 0.4) is 0 Å². The largest absolute Gasteiger partial charge is 0.448 e. The summed E-state index contributed by atoms with van der Waals surface area (Å²) in [6, 6.07) is 9.94. The highest BCUT2D eigenvalue weighted by atomic mass is 32.2. The number of rotatable bonds is 6. The minimum Gasteiger partial charge on any atom is -0.448 e. The summed E-state index contributed by atoms with van der Waals surface area (Å²) in [5.41, 5.74) is 0.602. The van der Waals surface area contributed by atoms with Crippen molar-refractivity contribution in [3.05, 3.63) is 48.3 Å². The Kier molecular flexibility index (Phi) is 5.60. The molecule has 8 nitrogen and oxygen atoms in total. The molecule has 1 amide bonds. The maximum atomic E-state index is 12.2. The average molecular weight is 365 g/mol. The molecule has 0 radical (unpaired) electrons. The van der Waals surface area contributed by atoms with Crippen LogP contribution in [-0.2, 0) is 26.6 Å². The maximum absolute atomic E-state index is 12.2. The number of ether oxygens (including phenoxy) is 1. The summed E-state index contributed by atoms with van der Waals surface area (Å²) < 4.78 is 32.2. The van der Waals surface area contributed by atoms with E-state index in [0.717, 1.165) is 0 Å². The summed E-state index contributed by atoms with van der Waals surface area (Å²) in [6.07, 6.45) is 0.240. The van der Waals surface area contributed by atoms with Crippen LogP contribution >= 0.6 is 0 Å². The quantitative estimate of drug-likeness (QED) is 0.746. The molecule has 0 spiro atoms. The number of amides is 1. The first-order valence-electron chi connectivity index (χ1n) is 7.41. The molecule has 2 rings (SSSR count). The number of hydrogen-bond acceptors (Lipinski definition) is 5. The predicted octanol–water partition coefficient (Wildman–Crippen LogP) is 1.12. The molecular formula is C16H19N3O5S. The van der Waals surface area contributed by atoms with Gasteiger partial charge in [0.15, 0.2) is 6.10 Å². The highest BCUT2D eigenvalue weighted by Crippen LogP contribution is 2.15. The molecule has 0 saturated carbocycles. The summed E-state index contributed by atoms with van der Waals surface area (Å²) in [4.78, 5) is 24.2. The Bertz CT molecular complexity index is 874. The fourth-order valence-corrected chi connectivity index (χ4v) is 2.84. The number of nitrogens with zero attached hydrogens (tertiary/aromatic N) is 1. The number of esters is 1. The van der Waals surface area contributed by atoms with Crippen LogP contribution in [0.15, 0.2) is 47.5 Å². The summed E-state index contributed by atoms with van der Waals surface area (Å²) in [5.74, 6) is -1.28. The summed E-state index contributed by atoms with van der Waals surface area (Å²) in [7, 11) is -0.889. The second kappa shape index (κ2) is 7.49. The molecule has 1 heterocycles. The third kappa shape index (κ3) is 4.46.